The molecule has 2 aliphatic heterocycles. The molecular weight excluding hydrogens is 410 g/mol. The maximum absolute atomic E-state index is 13.3. The maximum atomic E-state index is 13.3. The monoisotopic (exact) mass is 443 g/mol. The number of hydrogen-bond donors (Lipinski definition) is 2. The summed E-state index contributed by atoms with van der Waals surface area (Å²) in [5, 5.41) is 5.62. The highest BCUT2D eigenvalue weighted by Crippen LogP contribution is 2.33. The molecule has 1 saturated heterocycles. The molecule has 0 aromatic heterocycles. The number of carbonyl (C=O) groups is 3. The van der Waals surface area contributed by atoms with Crippen molar-refractivity contribution >= 4 is 23.4 Å². The third-order valence-corrected chi connectivity index (χ3v) is 6.95. The first-order valence-corrected chi connectivity index (χ1v) is 11.7. The van der Waals surface area contributed by atoms with Crippen molar-refractivity contribution in [3.8, 4) is 5.75 Å². The van der Waals surface area contributed by atoms with Crippen LogP contribution in [0.3, 0.4) is 0 Å². The lowest BCUT2D eigenvalue weighted by Crippen LogP contribution is -2.53. The molecule has 0 unspecified atom stereocenters. The van der Waals surface area contributed by atoms with E-state index >= 15 is 0 Å². The molecule has 1 saturated carbocycles. The van der Waals surface area contributed by atoms with Gasteiger partial charge in [0.1, 0.15) is 18.5 Å². The average Bonchev–Trinajstić information content (AvgIpc) is 2.82. The number of fused-ring (bicyclic) bond motifs is 2. The van der Waals surface area contributed by atoms with Crippen molar-refractivity contribution < 1.29 is 23.9 Å². The number of carbonyl (C=O) groups excluding carboxylic acids is 3. The second-order valence-electron chi connectivity index (χ2n) is 9.08. The van der Waals surface area contributed by atoms with Gasteiger partial charge in [-0.2, -0.15) is 0 Å². The number of likely N-dealkylation sites (N-methyl/N-ethyl adjacent to an activating group) is 1. The zero-order chi connectivity index (χ0) is 22.7. The van der Waals surface area contributed by atoms with Crippen LogP contribution < -0.4 is 15.4 Å². The van der Waals surface area contributed by atoms with Crippen molar-refractivity contribution in [2.24, 2.45) is 5.92 Å². The lowest BCUT2D eigenvalue weighted by molar-refractivity contribution is -0.133. The summed E-state index contributed by atoms with van der Waals surface area (Å²) in [6.45, 7) is 0.299. The SMILES string of the molecule is CNC(=O)C[C@@H]1CC[C@H]2[C@H](COc3ccc(NC(=O)C4CCCCC4)cc3C(=O)N2C)O1. The van der Waals surface area contributed by atoms with Gasteiger partial charge in [-0.1, -0.05) is 19.3 Å². The summed E-state index contributed by atoms with van der Waals surface area (Å²) in [5.74, 6) is 0.339. The fraction of sp³-hybridized carbons (Fsp3) is 0.625. The molecule has 3 atom stereocenters. The zero-order valence-corrected chi connectivity index (χ0v) is 18.9. The quantitative estimate of drug-likeness (QED) is 0.746. The first-order chi connectivity index (χ1) is 15.5. The van der Waals surface area contributed by atoms with E-state index in [1.165, 1.54) is 6.42 Å². The number of ether oxygens (including phenoxy) is 2. The Morgan fingerprint density at radius 3 is 2.66 bits per heavy atom. The summed E-state index contributed by atoms with van der Waals surface area (Å²) in [6.07, 6.45) is 6.49. The summed E-state index contributed by atoms with van der Waals surface area (Å²) in [7, 11) is 3.40. The van der Waals surface area contributed by atoms with Crippen LogP contribution in [0.25, 0.3) is 0 Å². The maximum Gasteiger partial charge on any atom is 0.257 e. The molecule has 0 spiro atoms. The second kappa shape index (κ2) is 9.90. The molecule has 4 rings (SSSR count). The standard InChI is InChI=1S/C24H33N3O5/c1-25-22(28)13-17-9-10-19-21(32-17)14-31-20-11-8-16(12-18(20)24(30)27(19)2)26-23(29)15-6-4-3-5-7-15/h8,11-12,15,17,19,21H,3-7,9-10,13-14H2,1-2H3,(H,25,28)(H,26,29)/t17-,19-,21-/m0/s1. The molecule has 2 heterocycles. The summed E-state index contributed by atoms with van der Waals surface area (Å²) in [5.41, 5.74) is 1.06. The number of amides is 3. The van der Waals surface area contributed by atoms with E-state index in [-0.39, 0.29) is 41.9 Å². The molecule has 2 N–H and O–H groups in total. The van der Waals surface area contributed by atoms with Gasteiger partial charge in [0.2, 0.25) is 11.8 Å². The average molecular weight is 444 g/mol. The van der Waals surface area contributed by atoms with Crippen LogP contribution in [-0.4, -0.2) is 61.6 Å². The van der Waals surface area contributed by atoms with Gasteiger partial charge in [-0.3, -0.25) is 14.4 Å². The number of hydrogen-bond acceptors (Lipinski definition) is 5. The van der Waals surface area contributed by atoms with E-state index in [4.69, 9.17) is 9.47 Å². The smallest absolute Gasteiger partial charge is 0.257 e. The lowest BCUT2D eigenvalue weighted by Gasteiger charge is -2.42. The molecule has 1 aliphatic carbocycles. The zero-order valence-electron chi connectivity index (χ0n) is 18.9. The van der Waals surface area contributed by atoms with Gasteiger partial charge in [0, 0.05) is 25.7 Å². The van der Waals surface area contributed by atoms with Crippen LogP contribution in [0.2, 0.25) is 0 Å². The minimum Gasteiger partial charge on any atom is -0.490 e. The molecular formula is C24H33N3O5. The first-order valence-electron chi connectivity index (χ1n) is 11.7. The highest BCUT2D eigenvalue weighted by atomic mass is 16.5. The Labute approximate surface area is 189 Å². The van der Waals surface area contributed by atoms with E-state index < -0.39 is 0 Å². The molecule has 32 heavy (non-hydrogen) atoms. The molecule has 1 aromatic carbocycles. The van der Waals surface area contributed by atoms with Gasteiger partial charge in [-0.25, -0.2) is 0 Å². The van der Waals surface area contributed by atoms with Crippen LogP contribution >= 0.6 is 0 Å². The molecule has 0 radical (unpaired) electrons. The molecule has 0 bridgehead atoms. The highest BCUT2D eigenvalue weighted by molar-refractivity contribution is 6.00. The third kappa shape index (κ3) is 4.90. The van der Waals surface area contributed by atoms with Crippen LogP contribution in [0.1, 0.15) is 61.7 Å². The second-order valence-corrected chi connectivity index (χ2v) is 9.08. The van der Waals surface area contributed by atoms with Crippen molar-refractivity contribution in [3.63, 3.8) is 0 Å². The van der Waals surface area contributed by atoms with E-state index in [1.807, 2.05) is 0 Å². The normalized spacial score (nSPS) is 26.1. The number of rotatable bonds is 4. The minimum atomic E-state index is -0.300. The van der Waals surface area contributed by atoms with Crippen molar-refractivity contribution in [3.05, 3.63) is 23.8 Å². The molecule has 8 nitrogen and oxygen atoms in total. The summed E-state index contributed by atoms with van der Waals surface area (Å²) >= 11 is 0. The number of nitrogens with one attached hydrogen (secondary N) is 2. The molecule has 8 heteroatoms. The Hall–Kier alpha value is -2.61. The lowest BCUT2D eigenvalue weighted by atomic mass is 9.88. The molecule has 3 aliphatic rings. The van der Waals surface area contributed by atoms with Gasteiger partial charge in [0.15, 0.2) is 0 Å². The van der Waals surface area contributed by atoms with Gasteiger partial charge in [0.05, 0.1) is 24.1 Å². The van der Waals surface area contributed by atoms with Crippen LogP contribution in [0.4, 0.5) is 5.69 Å². The van der Waals surface area contributed by atoms with Crippen LogP contribution in [0.15, 0.2) is 18.2 Å². The topological polar surface area (TPSA) is 97.0 Å². The highest BCUT2D eigenvalue weighted by Gasteiger charge is 2.39. The van der Waals surface area contributed by atoms with Crippen molar-refractivity contribution in [2.75, 3.05) is 26.0 Å². The van der Waals surface area contributed by atoms with Gasteiger partial charge in [-0.15, -0.1) is 0 Å². The third-order valence-electron chi connectivity index (χ3n) is 6.95. The predicted octanol–water partition coefficient (Wildman–Crippen LogP) is 2.72. The number of nitrogens with zero attached hydrogens (tertiary/aromatic N) is 1. The number of anilines is 1. The Balaban J connectivity index is 1.48. The van der Waals surface area contributed by atoms with Gasteiger partial charge < -0.3 is 25.0 Å². The summed E-state index contributed by atoms with van der Waals surface area (Å²) in [6, 6.07) is 5.11. The van der Waals surface area contributed by atoms with Crippen molar-refractivity contribution in [1.82, 2.24) is 10.2 Å². The van der Waals surface area contributed by atoms with E-state index in [2.05, 4.69) is 10.6 Å². The van der Waals surface area contributed by atoms with Crippen LogP contribution in [-0.2, 0) is 14.3 Å². The Morgan fingerprint density at radius 1 is 1.12 bits per heavy atom. The Bertz CT molecular complexity index is 867. The molecule has 3 amide bonds. The summed E-state index contributed by atoms with van der Waals surface area (Å²) < 4.78 is 12.1. The number of benzene rings is 1. The fourth-order valence-corrected chi connectivity index (χ4v) is 5.02. The summed E-state index contributed by atoms with van der Waals surface area (Å²) in [4.78, 5) is 39.4. The minimum absolute atomic E-state index is 0.0279. The largest absolute Gasteiger partial charge is 0.490 e. The van der Waals surface area contributed by atoms with Crippen LogP contribution in [0.5, 0.6) is 5.75 Å². The molecule has 2 fully saturated rings. The fourth-order valence-electron chi connectivity index (χ4n) is 5.02. The van der Waals surface area contributed by atoms with E-state index in [9.17, 15) is 14.4 Å². The van der Waals surface area contributed by atoms with Gasteiger partial charge in [0.25, 0.3) is 5.91 Å². The Kier molecular flexibility index (Phi) is 6.98. The first kappa shape index (κ1) is 22.6. The van der Waals surface area contributed by atoms with Crippen molar-refractivity contribution in [2.45, 2.75) is 69.6 Å². The Morgan fingerprint density at radius 2 is 1.91 bits per heavy atom. The van der Waals surface area contributed by atoms with Gasteiger partial charge in [-0.05, 0) is 43.9 Å². The van der Waals surface area contributed by atoms with E-state index in [0.29, 0.717) is 36.4 Å². The molecule has 174 valence electrons. The van der Waals surface area contributed by atoms with Crippen LogP contribution in [0, 0.1) is 5.92 Å². The van der Waals surface area contributed by atoms with E-state index in [0.717, 1.165) is 32.1 Å². The molecule has 1 aromatic rings. The van der Waals surface area contributed by atoms with Crippen molar-refractivity contribution in [1.29, 1.82) is 0 Å². The van der Waals surface area contributed by atoms with Gasteiger partial charge >= 0.3 is 0 Å². The predicted molar refractivity (Wildman–Crippen MR) is 120 cm³/mol. The van der Waals surface area contributed by atoms with E-state index in [1.54, 1.807) is 37.2 Å².